The number of amides is 4. The van der Waals surface area contributed by atoms with E-state index in [1.54, 1.807) is 19.8 Å². The summed E-state index contributed by atoms with van der Waals surface area (Å²) < 4.78 is 0. The summed E-state index contributed by atoms with van der Waals surface area (Å²) >= 11 is 0. The molecule has 0 spiro atoms. The average molecular weight is 488 g/mol. The van der Waals surface area contributed by atoms with Crippen LogP contribution in [0.5, 0.6) is 0 Å². The second kappa shape index (κ2) is 11.3. The van der Waals surface area contributed by atoms with Crippen LogP contribution >= 0.6 is 0 Å². The first-order valence-electron chi connectivity index (χ1n) is 12.4. The number of carbonyl (C=O) groups excluding carboxylic acids is 3. The Labute approximate surface area is 212 Å². The van der Waals surface area contributed by atoms with Crippen LogP contribution < -0.4 is 5.32 Å². The van der Waals surface area contributed by atoms with E-state index in [2.05, 4.69) is 11.2 Å². The SMILES string of the molecule is C#CCN1CC(=O)N2[C@@H](CCC)C(=O)N(Cc3ccc(C)cc3)C[C@@H]2N1C(=O)NCc1ccccc1. The quantitative estimate of drug-likeness (QED) is 0.610. The molecule has 2 aliphatic rings. The summed E-state index contributed by atoms with van der Waals surface area (Å²) in [4.78, 5) is 43.7. The van der Waals surface area contributed by atoms with Gasteiger partial charge in [-0.3, -0.25) is 9.59 Å². The maximum Gasteiger partial charge on any atom is 0.334 e. The van der Waals surface area contributed by atoms with Gasteiger partial charge in [-0.2, -0.15) is 5.01 Å². The van der Waals surface area contributed by atoms with Gasteiger partial charge in [0.15, 0.2) is 0 Å². The number of hydrazine groups is 1. The Morgan fingerprint density at radius 2 is 1.81 bits per heavy atom. The molecule has 8 nitrogen and oxygen atoms in total. The van der Waals surface area contributed by atoms with E-state index >= 15 is 0 Å². The average Bonchev–Trinajstić information content (AvgIpc) is 2.87. The molecule has 2 atom stereocenters. The van der Waals surface area contributed by atoms with Crippen molar-refractivity contribution in [3.8, 4) is 12.3 Å². The van der Waals surface area contributed by atoms with E-state index < -0.39 is 12.2 Å². The molecule has 4 amide bonds. The minimum atomic E-state index is -0.643. The third-order valence-corrected chi connectivity index (χ3v) is 6.65. The Kier molecular flexibility index (Phi) is 7.91. The van der Waals surface area contributed by atoms with Crippen molar-refractivity contribution in [3.63, 3.8) is 0 Å². The maximum absolute atomic E-state index is 13.5. The molecule has 2 fully saturated rings. The van der Waals surface area contributed by atoms with Crippen molar-refractivity contribution in [3.05, 3.63) is 71.3 Å². The topological polar surface area (TPSA) is 76.2 Å². The molecule has 1 N–H and O–H groups in total. The number of terminal acetylenes is 1. The van der Waals surface area contributed by atoms with E-state index in [9.17, 15) is 14.4 Å². The molecule has 2 aliphatic heterocycles. The monoisotopic (exact) mass is 487 g/mol. The van der Waals surface area contributed by atoms with Crippen LogP contribution in [0.3, 0.4) is 0 Å². The lowest BCUT2D eigenvalue weighted by molar-refractivity contribution is -0.189. The zero-order valence-electron chi connectivity index (χ0n) is 20.9. The third-order valence-electron chi connectivity index (χ3n) is 6.65. The van der Waals surface area contributed by atoms with Crippen molar-refractivity contribution in [2.24, 2.45) is 0 Å². The first-order valence-corrected chi connectivity index (χ1v) is 12.4. The van der Waals surface area contributed by atoms with E-state index in [1.807, 2.05) is 68.4 Å². The third kappa shape index (κ3) is 5.37. The van der Waals surface area contributed by atoms with Crippen LogP contribution in [0, 0.1) is 19.3 Å². The minimum Gasteiger partial charge on any atom is -0.333 e. The predicted octanol–water partition coefficient (Wildman–Crippen LogP) is 2.74. The molecule has 0 radical (unpaired) electrons. The van der Waals surface area contributed by atoms with E-state index in [4.69, 9.17) is 6.42 Å². The van der Waals surface area contributed by atoms with Gasteiger partial charge in [-0.25, -0.2) is 9.80 Å². The minimum absolute atomic E-state index is 0.0507. The first-order chi connectivity index (χ1) is 17.4. The van der Waals surface area contributed by atoms with Crippen molar-refractivity contribution in [2.45, 2.75) is 52.0 Å². The van der Waals surface area contributed by atoms with Crippen LogP contribution in [0.4, 0.5) is 4.79 Å². The molecule has 2 saturated heterocycles. The summed E-state index contributed by atoms with van der Waals surface area (Å²) in [5, 5.41) is 6.12. The summed E-state index contributed by atoms with van der Waals surface area (Å²) in [5.41, 5.74) is 3.10. The van der Waals surface area contributed by atoms with Crippen molar-refractivity contribution < 1.29 is 14.4 Å². The van der Waals surface area contributed by atoms with Crippen molar-refractivity contribution in [1.82, 2.24) is 25.1 Å². The van der Waals surface area contributed by atoms with Gasteiger partial charge in [0.05, 0.1) is 19.6 Å². The van der Waals surface area contributed by atoms with E-state index in [0.29, 0.717) is 19.5 Å². The molecule has 0 aromatic heterocycles. The van der Waals surface area contributed by atoms with Crippen molar-refractivity contribution in [2.75, 3.05) is 19.6 Å². The number of rotatable bonds is 7. The second-order valence-corrected chi connectivity index (χ2v) is 9.31. The van der Waals surface area contributed by atoms with Gasteiger partial charge in [-0.05, 0) is 24.5 Å². The fourth-order valence-electron chi connectivity index (χ4n) is 4.90. The number of hydrogen-bond acceptors (Lipinski definition) is 4. The Morgan fingerprint density at radius 3 is 2.47 bits per heavy atom. The number of urea groups is 1. The number of benzene rings is 2. The van der Waals surface area contributed by atoms with Crippen LogP contribution in [0.1, 0.15) is 36.5 Å². The van der Waals surface area contributed by atoms with Crippen LogP contribution in [-0.4, -0.2) is 69.5 Å². The number of nitrogens with zero attached hydrogens (tertiary/aromatic N) is 4. The lowest BCUT2D eigenvalue weighted by Crippen LogP contribution is -2.76. The lowest BCUT2D eigenvalue weighted by Gasteiger charge is -2.55. The van der Waals surface area contributed by atoms with E-state index in [0.717, 1.165) is 23.1 Å². The second-order valence-electron chi connectivity index (χ2n) is 9.31. The molecule has 188 valence electrons. The highest BCUT2D eigenvalue weighted by molar-refractivity contribution is 5.91. The largest absolute Gasteiger partial charge is 0.334 e. The maximum atomic E-state index is 13.5. The Hall–Kier alpha value is -3.83. The van der Waals surface area contributed by atoms with Gasteiger partial charge in [-0.1, -0.05) is 79.4 Å². The van der Waals surface area contributed by atoms with Gasteiger partial charge in [0.2, 0.25) is 11.8 Å². The molecule has 0 saturated carbocycles. The molecule has 2 aromatic carbocycles. The highest BCUT2D eigenvalue weighted by Gasteiger charge is 2.50. The summed E-state index contributed by atoms with van der Waals surface area (Å²) in [7, 11) is 0. The molecule has 2 aromatic rings. The zero-order valence-corrected chi connectivity index (χ0v) is 20.9. The van der Waals surface area contributed by atoms with Gasteiger partial charge in [0, 0.05) is 13.1 Å². The highest BCUT2D eigenvalue weighted by atomic mass is 16.2. The summed E-state index contributed by atoms with van der Waals surface area (Å²) in [6.07, 6.45) is 6.22. The number of hydrogen-bond donors (Lipinski definition) is 1. The summed E-state index contributed by atoms with van der Waals surface area (Å²) in [5.74, 6) is 2.29. The van der Waals surface area contributed by atoms with Crippen molar-refractivity contribution in [1.29, 1.82) is 0 Å². The molecule has 2 heterocycles. The van der Waals surface area contributed by atoms with Gasteiger partial charge in [-0.15, -0.1) is 6.42 Å². The van der Waals surface area contributed by atoms with E-state index in [-0.39, 0.29) is 37.5 Å². The summed E-state index contributed by atoms with van der Waals surface area (Å²) in [6.45, 7) is 5.02. The van der Waals surface area contributed by atoms with Gasteiger partial charge >= 0.3 is 6.03 Å². The van der Waals surface area contributed by atoms with Crippen LogP contribution in [-0.2, 0) is 22.7 Å². The Bertz CT molecular complexity index is 1130. The molecular weight excluding hydrogens is 454 g/mol. The van der Waals surface area contributed by atoms with Gasteiger partial charge < -0.3 is 15.1 Å². The summed E-state index contributed by atoms with van der Waals surface area (Å²) in [6, 6.07) is 16.7. The van der Waals surface area contributed by atoms with Crippen LogP contribution in [0.25, 0.3) is 0 Å². The molecule has 36 heavy (non-hydrogen) atoms. The predicted molar refractivity (Wildman–Crippen MR) is 137 cm³/mol. The Balaban J connectivity index is 1.63. The first kappa shape index (κ1) is 25.3. The molecule has 0 aliphatic carbocycles. The number of carbonyl (C=O) groups is 3. The van der Waals surface area contributed by atoms with Crippen LogP contribution in [0.2, 0.25) is 0 Å². The fraction of sp³-hybridized carbons (Fsp3) is 0.393. The Morgan fingerprint density at radius 1 is 1.08 bits per heavy atom. The normalized spacial score (nSPS) is 20.2. The molecule has 4 rings (SSSR count). The van der Waals surface area contributed by atoms with Crippen LogP contribution in [0.15, 0.2) is 54.6 Å². The lowest BCUT2D eigenvalue weighted by atomic mass is 10.0. The smallest absolute Gasteiger partial charge is 0.333 e. The number of fused-ring (bicyclic) bond motifs is 1. The van der Waals surface area contributed by atoms with Crippen molar-refractivity contribution >= 4 is 17.8 Å². The van der Waals surface area contributed by atoms with Gasteiger partial charge in [0.1, 0.15) is 12.2 Å². The molecule has 8 heteroatoms. The number of aryl methyl sites for hydroxylation is 1. The molecular formula is C28H33N5O3. The van der Waals surface area contributed by atoms with Gasteiger partial charge in [0.25, 0.3) is 0 Å². The fourth-order valence-corrected chi connectivity index (χ4v) is 4.90. The zero-order chi connectivity index (χ0) is 25.7. The highest BCUT2D eigenvalue weighted by Crippen LogP contribution is 2.29. The van der Waals surface area contributed by atoms with E-state index in [1.165, 1.54) is 0 Å². The molecule has 0 unspecified atom stereocenters. The molecule has 0 bridgehead atoms. The standard InChI is InChI=1S/C28H33N5O3/c1-4-9-24-27(35)30(18-23-14-12-21(3)13-15-23)19-25-32(24)26(34)20-31(16-5-2)33(25)28(36)29-17-22-10-7-6-8-11-22/h2,6-8,10-15,24-25H,4,9,16-20H2,1,3H3,(H,29,36)/t24-,25-/m0/s1. The number of piperazine rings is 1. The number of nitrogens with one attached hydrogen (secondary N) is 1.